The van der Waals surface area contributed by atoms with Crippen LogP contribution in [0.3, 0.4) is 0 Å². The maximum atomic E-state index is 13.1. The van der Waals surface area contributed by atoms with Crippen molar-refractivity contribution >= 4 is 0 Å². The van der Waals surface area contributed by atoms with Crippen LogP contribution < -0.4 is 5.32 Å². The zero-order chi connectivity index (χ0) is 21.2. The normalized spacial score (nSPS) is 21.8. The van der Waals surface area contributed by atoms with Gasteiger partial charge in [0.2, 0.25) is 0 Å². The first-order valence-electron chi connectivity index (χ1n) is 8.90. The number of ether oxygens (including phenoxy) is 2. The van der Waals surface area contributed by atoms with Crippen LogP contribution in [0.2, 0.25) is 0 Å². The number of hydrogen-bond acceptors (Lipinski definition) is 3. The van der Waals surface area contributed by atoms with Crippen molar-refractivity contribution in [2.45, 2.75) is 37.7 Å². The molecular weight excluding hydrogens is 400 g/mol. The van der Waals surface area contributed by atoms with Crippen LogP contribution in [0, 0.1) is 0 Å². The van der Waals surface area contributed by atoms with Gasteiger partial charge < -0.3 is 14.8 Å². The Morgan fingerprint density at radius 2 is 1.55 bits per heavy atom. The summed E-state index contributed by atoms with van der Waals surface area (Å²) in [6.45, 7) is 2.24. The summed E-state index contributed by atoms with van der Waals surface area (Å²) in [4.78, 5) is 0. The fraction of sp³-hybridized carbons (Fsp3) is 0.400. The van der Waals surface area contributed by atoms with E-state index in [0.29, 0.717) is 25.3 Å². The molecule has 0 saturated carbocycles. The predicted octanol–water partition coefficient (Wildman–Crippen LogP) is 5.49. The topological polar surface area (TPSA) is 30.5 Å². The fourth-order valence-corrected chi connectivity index (χ4v) is 3.13. The number of halogens is 6. The average molecular weight is 419 g/mol. The zero-order valence-electron chi connectivity index (χ0n) is 15.3. The summed E-state index contributed by atoms with van der Waals surface area (Å²) in [5.41, 5.74) is -2.14. The molecule has 1 fully saturated rings. The molecule has 158 valence electrons. The molecule has 3 atom stereocenters. The standard InChI is InChI=1S/C20H19F6NO2/c1-12(14-9-15(19(21,22)23)11-16(10-14)20(24,25)26)29-18-17(27-7-8-28-18)13-5-3-2-4-6-13/h2-6,9-12,17-18,27H,7-8H2,1H3/t12-,17-,18-/m0/s1. The molecule has 0 aromatic heterocycles. The molecule has 0 unspecified atom stereocenters. The van der Waals surface area contributed by atoms with E-state index in [2.05, 4.69) is 5.32 Å². The molecular formula is C20H19F6NO2. The largest absolute Gasteiger partial charge is 0.416 e. The van der Waals surface area contributed by atoms with E-state index in [1.54, 1.807) is 0 Å². The van der Waals surface area contributed by atoms with Crippen molar-refractivity contribution in [2.24, 2.45) is 0 Å². The maximum absolute atomic E-state index is 13.1. The molecule has 1 aliphatic rings. The monoisotopic (exact) mass is 419 g/mol. The Hall–Kier alpha value is -2.10. The van der Waals surface area contributed by atoms with Crippen LogP contribution in [0.15, 0.2) is 48.5 Å². The quantitative estimate of drug-likeness (QED) is 0.665. The molecule has 0 bridgehead atoms. The van der Waals surface area contributed by atoms with Gasteiger partial charge in [0.05, 0.1) is 29.9 Å². The summed E-state index contributed by atoms with van der Waals surface area (Å²) in [6, 6.07) is 10.2. The lowest BCUT2D eigenvalue weighted by Gasteiger charge is -2.34. The predicted molar refractivity (Wildman–Crippen MR) is 92.9 cm³/mol. The lowest BCUT2D eigenvalue weighted by atomic mass is 10.0. The summed E-state index contributed by atoms with van der Waals surface area (Å²) in [6.07, 6.45) is -11.8. The summed E-state index contributed by atoms with van der Waals surface area (Å²) in [5, 5.41) is 3.20. The Labute approximate surface area is 163 Å². The number of morpholine rings is 1. The van der Waals surface area contributed by atoms with Gasteiger partial charge in [-0.1, -0.05) is 30.3 Å². The second kappa shape index (κ2) is 8.33. The van der Waals surface area contributed by atoms with Gasteiger partial charge in [-0.3, -0.25) is 0 Å². The van der Waals surface area contributed by atoms with Crippen LogP contribution in [0.5, 0.6) is 0 Å². The zero-order valence-corrected chi connectivity index (χ0v) is 15.3. The van der Waals surface area contributed by atoms with Gasteiger partial charge in [0.15, 0.2) is 6.29 Å². The summed E-state index contributed by atoms with van der Waals surface area (Å²) in [7, 11) is 0. The molecule has 0 amide bonds. The van der Waals surface area contributed by atoms with Crippen molar-refractivity contribution in [2.75, 3.05) is 13.2 Å². The Balaban J connectivity index is 1.88. The van der Waals surface area contributed by atoms with E-state index in [9.17, 15) is 26.3 Å². The van der Waals surface area contributed by atoms with E-state index in [1.165, 1.54) is 6.92 Å². The summed E-state index contributed by atoms with van der Waals surface area (Å²) in [5.74, 6) is 0. The summed E-state index contributed by atoms with van der Waals surface area (Å²) < 4.78 is 90.0. The van der Waals surface area contributed by atoms with Crippen LogP contribution in [0.4, 0.5) is 26.3 Å². The van der Waals surface area contributed by atoms with Gasteiger partial charge in [-0.2, -0.15) is 26.3 Å². The van der Waals surface area contributed by atoms with Crippen LogP contribution in [-0.2, 0) is 21.8 Å². The lowest BCUT2D eigenvalue weighted by molar-refractivity contribution is -0.200. The lowest BCUT2D eigenvalue weighted by Crippen LogP contribution is -2.43. The van der Waals surface area contributed by atoms with E-state index >= 15 is 0 Å². The van der Waals surface area contributed by atoms with Gasteiger partial charge in [0.1, 0.15) is 0 Å². The van der Waals surface area contributed by atoms with E-state index < -0.39 is 41.9 Å². The Morgan fingerprint density at radius 3 is 2.10 bits per heavy atom. The Morgan fingerprint density at radius 1 is 0.966 bits per heavy atom. The van der Waals surface area contributed by atoms with Crippen molar-refractivity contribution < 1.29 is 35.8 Å². The molecule has 1 heterocycles. The van der Waals surface area contributed by atoms with Gasteiger partial charge >= 0.3 is 12.4 Å². The van der Waals surface area contributed by atoms with Gasteiger partial charge in [0.25, 0.3) is 0 Å². The molecule has 9 heteroatoms. The third kappa shape index (κ3) is 5.29. The van der Waals surface area contributed by atoms with Crippen LogP contribution in [-0.4, -0.2) is 19.4 Å². The highest BCUT2D eigenvalue weighted by Crippen LogP contribution is 2.38. The minimum absolute atomic E-state index is 0.0989. The highest BCUT2D eigenvalue weighted by Gasteiger charge is 2.38. The van der Waals surface area contributed by atoms with Crippen molar-refractivity contribution in [1.29, 1.82) is 0 Å². The molecule has 3 rings (SSSR count). The van der Waals surface area contributed by atoms with Crippen molar-refractivity contribution in [1.82, 2.24) is 5.32 Å². The van der Waals surface area contributed by atoms with Crippen LogP contribution in [0.25, 0.3) is 0 Å². The highest BCUT2D eigenvalue weighted by atomic mass is 19.4. The Kier molecular flexibility index (Phi) is 6.21. The molecule has 29 heavy (non-hydrogen) atoms. The number of benzene rings is 2. The molecule has 0 aliphatic carbocycles. The highest BCUT2D eigenvalue weighted by molar-refractivity contribution is 5.34. The molecule has 0 radical (unpaired) electrons. The van der Waals surface area contributed by atoms with E-state index in [0.717, 1.165) is 5.56 Å². The SMILES string of the molecule is C[C@H](O[C@@H]1OCCN[C@H]1c1ccccc1)c1cc(C(F)(F)F)cc(C(F)(F)F)c1. The first kappa shape index (κ1) is 21.6. The minimum atomic E-state index is -4.91. The number of alkyl halides is 6. The van der Waals surface area contributed by atoms with Crippen LogP contribution >= 0.6 is 0 Å². The van der Waals surface area contributed by atoms with Crippen molar-refractivity contribution in [3.05, 3.63) is 70.8 Å². The Bertz CT molecular complexity index is 790. The molecule has 1 aliphatic heterocycles. The first-order valence-corrected chi connectivity index (χ1v) is 8.90. The molecule has 2 aromatic carbocycles. The van der Waals surface area contributed by atoms with Crippen molar-refractivity contribution in [3.63, 3.8) is 0 Å². The first-order chi connectivity index (χ1) is 13.6. The van der Waals surface area contributed by atoms with E-state index in [-0.39, 0.29) is 11.6 Å². The average Bonchev–Trinajstić information content (AvgIpc) is 2.67. The number of hydrogen-bond donors (Lipinski definition) is 1. The second-order valence-electron chi connectivity index (χ2n) is 6.70. The molecule has 1 N–H and O–H groups in total. The summed E-state index contributed by atoms with van der Waals surface area (Å²) >= 11 is 0. The van der Waals surface area contributed by atoms with Crippen molar-refractivity contribution in [3.8, 4) is 0 Å². The minimum Gasteiger partial charge on any atom is -0.349 e. The maximum Gasteiger partial charge on any atom is 0.416 e. The van der Waals surface area contributed by atoms with Gasteiger partial charge in [-0.05, 0) is 36.2 Å². The number of rotatable bonds is 4. The molecule has 3 nitrogen and oxygen atoms in total. The molecule has 0 spiro atoms. The van der Waals surface area contributed by atoms with E-state index in [4.69, 9.17) is 9.47 Å². The third-order valence-corrected chi connectivity index (χ3v) is 4.60. The second-order valence-corrected chi connectivity index (χ2v) is 6.70. The fourth-order valence-electron chi connectivity index (χ4n) is 3.13. The van der Waals surface area contributed by atoms with Gasteiger partial charge in [-0.15, -0.1) is 0 Å². The molecule has 2 aromatic rings. The smallest absolute Gasteiger partial charge is 0.349 e. The van der Waals surface area contributed by atoms with Gasteiger partial charge in [0, 0.05) is 6.54 Å². The van der Waals surface area contributed by atoms with Gasteiger partial charge in [-0.25, -0.2) is 0 Å². The third-order valence-electron chi connectivity index (χ3n) is 4.60. The molecule has 1 saturated heterocycles. The van der Waals surface area contributed by atoms with Crippen LogP contribution in [0.1, 0.15) is 41.3 Å². The van der Waals surface area contributed by atoms with E-state index in [1.807, 2.05) is 30.3 Å². The number of nitrogens with one attached hydrogen (secondary N) is 1.